The van der Waals surface area contributed by atoms with Gasteiger partial charge in [0, 0.05) is 11.3 Å². The minimum absolute atomic E-state index is 0.00689. The van der Waals surface area contributed by atoms with Crippen LogP contribution < -0.4 is 10.1 Å². The van der Waals surface area contributed by atoms with Crippen LogP contribution in [-0.4, -0.2) is 12.5 Å². The van der Waals surface area contributed by atoms with E-state index in [2.05, 4.69) is 10.1 Å². The Morgan fingerprint density at radius 1 is 1.12 bits per heavy atom. The van der Waals surface area contributed by atoms with E-state index in [1.807, 2.05) is 41.8 Å². The van der Waals surface area contributed by atoms with Crippen LogP contribution in [0.2, 0.25) is 5.02 Å². The van der Waals surface area contributed by atoms with E-state index in [-0.39, 0.29) is 16.7 Å². The number of ether oxygens (including phenoxy) is 1. The molecule has 0 radical (unpaired) electrons. The molecule has 1 aromatic heterocycles. The third kappa shape index (κ3) is 4.15. The van der Waals surface area contributed by atoms with Crippen molar-refractivity contribution in [2.24, 2.45) is 0 Å². The molecule has 0 aliphatic rings. The smallest absolute Gasteiger partial charge is 0.387 e. The zero-order valence-corrected chi connectivity index (χ0v) is 14.3. The number of halogens is 3. The van der Waals surface area contributed by atoms with Gasteiger partial charge < -0.3 is 10.1 Å². The average molecular weight is 380 g/mol. The largest absolute Gasteiger partial charge is 0.433 e. The first-order chi connectivity index (χ1) is 12.0. The highest BCUT2D eigenvalue weighted by atomic mass is 35.5. The Morgan fingerprint density at radius 3 is 2.56 bits per heavy atom. The SMILES string of the molecule is O=C(Nc1ccc(OC(F)F)c(Cl)c1)c1sccc1-c1ccccc1. The summed E-state index contributed by atoms with van der Waals surface area (Å²) in [6.07, 6.45) is 0. The molecule has 2 aromatic carbocycles. The molecule has 1 heterocycles. The number of nitrogens with one attached hydrogen (secondary N) is 1. The van der Waals surface area contributed by atoms with E-state index in [0.29, 0.717) is 10.6 Å². The average Bonchev–Trinajstić information content (AvgIpc) is 3.08. The van der Waals surface area contributed by atoms with Gasteiger partial charge >= 0.3 is 6.61 Å². The van der Waals surface area contributed by atoms with Gasteiger partial charge in [0.15, 0.2) is 0 Å². The van der Waals surface area contributed by atoms with Crippen LogP contribution in [0.5, 0.6) is 5.75 Å². The van der Waals surface area contributed by atoms with Crippen LogP contribution in [0.4, 0.5) is 14.5 Å². The second-order valence-corrected chi connectivity index (χ2v) is 6.33. The van der Waals surface area contributed by atoms with Crippen molar-refractivity contribution < 1.29 is 18.3 Å². The zero-order chi connectivity index (χ0) is 17.8. The normalized spacial score (nSPS) is 10.7. The fraction of sp³-hybridized carbons (Fsp3) is 0.0556. The molecular weight excluding hydrogens is 368 g/mol. The molecule has 0 saturated heterocycles. The molecule has 1 N–H and O–H groups in total. The number of benzene rings is 2. The monoisotopic (exact) mass is 379 g/mol. The van der Waals surface area contributed by atoms with Crippen LogP contribution in [0.15, 0.2) is 60.0 Å². The maximum absolute atomic E-state index is 12.5. The summed E-state index contributed by atoms with van der Waals surface area (Å²) < 4.78 is 28.8. The molecule has 3 aromatic rings. The molecule has 0 atom stereocenters. The van der Waals surface area contributed by atoms with E-state index in [9.17, 15) is 13.6 Å². The Balaban J connectivity index is 1.80. The van der Waals surface area contributed by atoms with E-state index in [0.717, 1.165) is 11.1 Å². The predicted octanol–water partition coefficient (Wildman–Crippen LogP) is 5.92. The van der Waals surface area contributed by atoms with Gasteiger partial charge in [-0.1, -0.05) is 41.9 Å². The lowest BCUT2D eigenvalue weighted by molar-refractivity contribution is -0.0497. The van der Waals surface area contributed by atoms with Crippen LogP contribution in [0.1, 0.15) is 9.67 Å². The molecule has 0 bridgehead atoms. The number of carbonyl (C=O) groups is 1. The van der Waals surface area contributed by atoms with E-state index in [1.165, 1.54) is 29.5 Å². The first kappa shape index (κ1) is 17.4. The summed E-state index contributed by atoms with van der Waals surface area (Å²) >= 11 is 7.22. The third-order valence-corrected chi connectivity index (χ3v) is 4.57. The molecule has 0 unspecified atom stereocenters. The summed E-state index contributed by atoms with van der Waals surface area (Å²) in [6.45, 7) is -2.96. The zero-order valence-electron chi connectivity index (χ0n) is 12.7. The number of carbonyl (C=O) groups excluding carboxylic acids is 1. The number of hydrogen-bond donors (Lipinski definition) is 1. The lowest BCUT2D eigenvalue weighted by Gasteiger charge is -2.10. The Bertz CT molecular complexity index is 884. The van der Waals surface area contributed by atoms with Crippen molar-refractivity contribution in [3.8, 4) is 16.9 Å². The molecule has 0 aliphatic carbocycles. The molecule has 3 nitrogen and oxygen atoms in total. The Hall–Kier alpha value is -2.44. The Morgan fingerprint density at radius 2 is 1.88 bits per heavy atom. The van der Waals surface area contributed by atoms with Gasteiger partial charge in [0.25, 0.3) is 5.91 Å². The maximum atomic E-state index is 12.5. The molecular formula is C18H12ClF2NO2S. The second kappa shape index (κ2) is 7.63. The van der Waals surface area contributed by atoms with Gasteiger partial charge in [0.05, 0.1) is 9.90 Å². The second-order valence-electron chi connectivity index (χ2n) is 5.01. The van der Waals surface area contributed by atoms with Crippen molar-refractivity contribution in [1.29, 1.82) is 0 Å². The van der Waals surface area contributed by atoms with Crippen molar-refractivity contribution >= 4 is 34.5 Å². The summed E-state index contributed by atoms with van der Waals surface area (Å²) in [7, 11) is 0. The van der Waals surface area contributed by atoms with Gasteiger partial charge in [-0.15, -0.1) is 11.3 Å². The van der Waals surface area contributed by atoms with Crippen molar-refractivity contribution in [1.82, 2.24) is 0 Å². The van der Waals surface area contributed by atoms with Crippen molar-refractivity contribution in [3.63, 3.8) is 0 Å². The van der Waals surface area contributed by atoms with Gasteiger partial charge in [-0.05, 0) is 35.2 Å². The first-order valence-corrected chi connectivity index (χ1v) is 8.49. The predicted molar refractivity (Wildman–Crippen MR) is 95.8 cm³/mol. The van der Waals surface area contributed by atoms with Crippen LogP contribution >= 0.6 is 22.9 Å². The molecule has 0 saturated carbocycles. The third-order valence-electron chi connectivity index (χ3n) is 3.36. The first-order valence-electron chi connectivity index (χ1n) is 7.23. The fourth-order valence-corrected chi connectivity index (χ4v) is 3.32. The van der Waals surface area contributed by atoms with Gasteiger partial charge in [-0.2, -0.15) is 8.78 Å². The minimum atomic E-state index is -2.96. The van der Waals surface area contributed by atoms with Crippen LogP contribution in [0, 0.1) is 0 Å². The molecule has 25 heavy (non-hydrogen) atoms. The van der Waals surface area contributed by atoms with E-state index in [4.69, 9.17) is 11.6 Å². The number of rotatable bonds is 5. The fourth-order valence-electron chi connectivity index (χ4n) is 2.29. The molecule has 128 valence electrons. The van der Waals surface area contributed by atoms with Crippen molar-refractivity contribution in [2.45, 2.75) is 6.61 Å². The molecule has 0 spiro atoms. The summed E-state index contributed by atoms with van der Waals surface area (Å²) in [5, 5.41) is 4.55. The quantitative estimate of drug-likeness (QED) is 0.597. The number of amides is 1. The van der Waals surface area contributed by atoms with Gasteiger partial charge in [-0.25, -0.2) is 0 Å². The van der Waals surface area contributed by atoms with Crippen LogP contribution in [0.3, 0.4) is 0 Å². The van der Waals surface area contributed by atoms with Crippen LogP contribution in [-0.2, 0) is 0 Å². The van der Waals surface area contributed by atoms with E-state index in [1.54, 1.807) is 0 Å². The number of hydrogen-bond acceptors (Lipinski definition) is 3. The van der Waals surface area contributed by atoms with Crippen LogP contribution in [0.25, 0.3) is 11.1 Å². The summed E-state index contributed by atoms with van der Waals surface area (Å²) in [6, 6.07) is 15.5. The molecule has 0 aliphatic heterocycles. The van der Waals surface area contributed by atoms with Crippen molar-refractivity contribution in [2.75, 3.05) is 5.32 Å². The highest BCUT2D eigenvalue weighted by Crippen LogP contribution is 2.31. The van der Waals surface area contributed by atoms with Gasteiger partial charge in [-0.3, -0.25) is 4.79 Å². The lowest BCUT2D eigenvalue weighted by atomic mass is 10.1. The highest BCUT2D eigenvalue weighted by molar-refractivity contribution is 7.12. The Kier molecular flexibility index (Phi) is 5.31. The van der Waals surface area contributed by atoms with E-state index >= 15 is 0 Å². The molecule has 0 fully saturated rings. The minimum Gasteiger partial charge on any atom is -0.433 e. The molecule has 3 rings (SSSR count). The lowest BCUT2D eigenvalue weighted by Crippen LogP contribution is -2.11. The van der Waals surface area contributed by atoms with E-state index < -0.39 is 6.61 Å². The Labute approximate surface area is 151 Å². The number of anilines is 1. The summed E-state index contributed by atoms with van der Waals surface area (Å²) in [5.41, 5.74) is 2.16. The maximum Gasteiger partial charge on any atom is 0.387 e. The number of alkyl halides is 2. The number of thiophene rings is 1. The topological polar surface area (TPSA) is 38.3 Å². The highest BCUT2D eigenvalue weighted by Gasteiger charge is 2.16. The standard InChI is InChI=1S/C18H12ClF2NO2S/c19-14-10-12(6-7-15(14)24-18(20)21)22-17(23)16-13(8-9-25-16)11-4-2-1-3-5-11/h1-10,18H,(H,22,23). The molecule has 7 heteroatoms. The van der Waals surface area contributed by atoms with Gasteiger partial charge in [0.1, 0.15) is 5.75 Å². The summed E-state index contributed by atoms with van der Waals surface area (Å²) in [5.74, 6) is -0.441. The molecule has 1 amide bonds. The summed E-state index contributed by atoms with van der Waals surface area (Å²) in [4.78, 5) is 13.1. The van der Waals surface area contributed by atoms with Crippen molar-refractivity contribution in [3.05, 3.63) is 69.9 Å². The van der Waals surface area contributed by atoms with Gasteiger partial charge in [0.2, 0.25) is 0 Å².